The van der Waals surface area contributed by atoms with Crippen LogP contribution in [0.25, 0.3) is 0 Å². The van der Waals surface area contributed by atoms with E-state index in [2.05, 4.69) is 34.6 Å². The van der Waals surface area contributed by atoms with E-state index in [0.717, 1.165) is 29.6 Å². The van der Waals surface area contributed by atoms with Gasteiger partial charge in [-0.15, -0.1) is 0 Å². The molecule has 0 saturated heterocycles. The second-order valence-electron chi connectivity index (χ2n) is 7.19. The van der Waals surface area contributed by atoms with E-state index >= 15 is 0 Å². The maximum atomic E-state index is 2.52. The molecule has 0 N–H and O–H groups in total. The van der Waals surface area contributed by atoms with E-state index in [9.17, 15) is 0 Å². The van der Waals surface area contributed by atoms with E-state index in [4.69, 9.17) is 0 Å². The van der Waals surface area contributed by atoms with Crippen LogP contribution in [0.1, 0.15) is 60.3 Å². The highest BCUT2D eigenvalue weighted by atomic mass is 14.6. The Balaban J connectivity index is 1.91. The Morgan fingerprint density at radius 2 is 1.87 bits per heavy atom. The van der Waals surface area contributed by atoms with E-state index in [1.807, 2.05) is 0 Å². The number of rotatable bonds is 3. The van der Waals surface area contributed by atoms with Crippen LogP contribution >= 0.6 is 0 Å². The van der Waals surface area contributed by atoms with Gasteiger partial charge in [-0.25, -0.2) is 0 Å². The van der Waals surface area contributed by atoms with Crippen molar-refractivity contribution in [1.29, 1.82) is 0 Å². The zero-order valence-corrected chi connectivity index (χ0v) is 11.2. The molecule has 3 fully saturated rings. The second-order valence-corrected chi connectivity index (χ2v) is 7.19. The van der Waals surface area contributed by atoms with E-state index in [1.54, 1.807) is 0 Å². The molecule has 3 aliphatic carbocycles. The zero-order chi connectivity index (χ0) is 11.2. The summed E-state index contributed by atoms with van der Waals surface area (Å²) in [6.45, 7) is 12.2. The topological polar surface area (TPSA) is 0 Å². The molecule has 0 amide bonds. The third-order valence-corrected chi connectivity index (χ3v) is 5.63. The van der Waals surface area contributed by atoms with Crippen LogP contribution in [0.3, 0.4) is 0 Å². The molecule has 0 nitrogen and oxygen atoms in total. The number of hydrogen-bond acceptors (Lipinski definition) is 0. The van der Waals surface area contributed by atoms with Gasteiger partial charge in [-0.1, -0.05) is 41.0 Å². The predicted octanol–water partition coefficient (Wildman–Crippen LogP) is 4.74. The van der Waals surface area contributed by atoms with Crippen molar-refractivity contribution in [3.63, 3.8) is 0 Å². The molecule has 0 aromatic heterocycles. The summed E-state index contributed by atoms with van der Waals surface area (Å²) in [4.78, 5) is 0. The van der Waals surface area contributed by atoms with Crippen molar-refractivity contribution in [2.24, 2.45) is 35.0 Å². The Bertz CT molecular complexity index is 226. The lowest BCUT2D eigenvalue weighted by atomic mass is 9.43. The fourth-order valence-electron chi connectivity index (χ4n) is 4.19. The first-order chi connectivity index (χ1) is 6.93. The van der Waals surface area contributed by atoms with E-state index < -0.39 is 0 Å². The van der Waals surface area contributed by atoms with Gasteiger partial charge < -0.3 is 0 Å². The summed E-state index contributed by atoms with van der Waals surface area (Å²) >= 11 is 0. The van der Waals surface area contributed by atoms with Crippen molar-refractivity contribution in [2.45, 2.75) is 60.3 Å². The van der Waals surface area contributed by atoms with Gasteiger partial charge in [0.15, 0.2) is 0 Å². The minimum atomic E-state index is 0.674. The molecule has 0 spiro atoms. The van der Waals surface area contributed by atoms with Gasteiger partial charge in [0.25, 0.3) is 0 Å². The molecule has 2 bridgehead atoms. The third kappa shape index (κ3) is 1.85. The van der Waals surface area contributed by atoms with Crippen molar-refractivity contribution < 1.29 is 0 Å². The molecule has 3 aliphatic rings. The summed E-state index contributed by atoms with van der Waals surface area (Å²) in [6, 6.07) is 0. The molecule has 3 saturated carbocycles. The Hall–Kier alpha value is 0. The summed E-state index contributed by atoms with van der Waals surface area (Å²) in [5.41, 5.74) is 0.674. The lowest BCUT2D eigenvalue weighted by Crippen LogP contribution is -2.54. The Morgan fingerprint density at radius 3 is 2.33 bits per heavy atom. The van der Waals surface area contributed by atoms with E-state index in [-0.39, 0.29) is 0 Å². The average molecular weight is 208 g/mol. The maximum Gasteiger partial charge on any atom is -0.0295 e. The van der Waals surface area contributed by atoms with Gasteiger partial charge in [0, 0.05) is 0 Å². The van der Waals surface area contributed by atoms with Gasteiger partial charge in [-0.3, -0.25) is 0 Å². The number of hydrogen-bond donors (Lipinski definition) is 0. The molecular weight excluding hydrogens is 180 g/mol. The minimum Gasteiger partial charge on any atom is -0.0628 e. The molecule has 15 heavy (non-hydrogen) atoms. The summed E-state index contributed by atoms with van der Waals surface area (Å²) in [7, 11) is 0. The Morgan fingerprint density at radius 1 is 1.20 bits per heavy atom. The van der Waals surface area contributed by atoms with Gasteiger partial charge in [-0.05, 0) is 54.3 Å². The van der Waals surface area contributed by atoms with Crippen molar-refractivity contribution in [3.8, 4) is 0 Å². The molecule has 0 aromatic rings. The molecule has 4 atom stereocenters. The van der Waals surface area contributed by atoms with E-state index in [0.29, 0.717) is 5.41 Å². The van der Waals surface area contributed by atoms with Crippen LogP contribution in [0.5, 0.6) is 0 Å². The first kappa shape index (κ1) is 11.5. The van der Waals surface area contributed by atoms with Crippen LogP contribution in [0, 0.1) is 35.0 Å². The van der Waals surface area contributed by atoms with Crippen LogP contribution in [0.4, 0.5) is 0 Å². The summed E-state index contributed by atoms with van der Waals surface area (Å²) in [5.74, 6) is 5.01. The van der Waals surface area contributed by atoms with Crippen LogP contribution in [0.15, 0.2) is 0 Å². The second kappa shape index (κ2) is 3.79. The fourth-order valence-corrected chi connectivity index (χ4v) is 4.19. The monoisotopic (exact) mass is 208 g/mol. The molecule has 0 heterocycles. The van der Waals surface area contributed by atoms with Gasteiger partial charge in [0.2, 0.25) is 0 Å². The van der Waals surface area contributed by atoms with Crippen LogP contribution in [-0.4, -0.2) is 0 Å². The quantitative estimate of drug-likeness (QED) is 0.628. The van der Waals surface area contributed by atoms with Crippen LogP contribution < -0.4 is 0 Å². The van der Waals surface area contributed by atoms with Gasteiger partial charge in [-0.2, -0.15) is 0 Å². The summed E-state index contributed by atoms with van der Waals surface area (Å²) in [6.07, 6.45) is 5.99. The molecular formula is C15H28. The largest absolute Gasteiger partial charge is 0.0628 e. The first-order valence-electron chi connectivity index (χ1n) is 6.93. The van der Waals surface area contributed by atoms with Crippen LogP contribution in [-0.2, 0) is 0 Å². The normalized spacial score (nSPS) is 42.8. The van der Waals surface area contributed by atoms with Gasteiger partial charge in [0.05, 0.1) is 0 Å². The molecule has 0 aromatic carbocycles. The maximum absolute atomic E-state index is 2.52. The smallest absolute Gasteiger partial charge is 0.0295 e. The SMILES string of the molecule is CC(C)CCC1CC2CC(C1C)C2(C)C. The Kier molecular flexibility index (Phi) is 2.90. The molecule has 88 valence electrons. The lowest BCUT2D eigenvalue weighted by Gasteiger charge is -2.62. The van der Waals surface area contributed by atoms with Gasteiger partial charge in [0.1, 0.15) is 0 Å². The standard InChI is InChI=1S/C15H28/c1-10(2)6-7-12-8-13-9-14(11(12)3)15(13,4)5/h10-14H,6-9H2,1-5H3. The van der Waals surface area contributed by atoms with Crippen molar-refractivity contribution in [1.82, 2.24) is 0 Å². The molecule has 4 unspecified atom stereocenters. The lowest BCUT2D eigenvalue weighted by molar-refractivity contribution is -0.130. The minimum absolute atomic E-state index is 0.674. The fraction of sp³-hybridized carbons (Fsp3) is 1.00. The molecule has 0 heteroatoms. The van der Waals surface area contributed by atoms with Crippen molar-refractivity contribution in [3.05, 3.63) is 0 Å². The third-order valence-electron chi connectivity index (χ3n) is 5.63. The predicted molar refractivity (Wildman–Crippen MR) is 66.7 cm³/mol. The van der Waals surface area contributed by atoms with E-state index in [1.165, 1.54) is 25.7 Å². The highest BCUT2D eigenvalue weighted by Crippen LogP contribution is 2.63. The Labute approximate surface area is 95.8 Å². The number of fused-ring (bicyclic) bond motifs is 2. The summed E-state index contributed by atoms with van der Waals surface area (Å²) in [5, 5.41) is 0. The average Bonchev–Trinajstić information content (AvgIpc) is 2.15. The zero-order valence-electron chi connectivity index (χ0n) is 11.2. The van der Waals surface area contributed by atoms with Crippen molar-refractivity contribution >= 4 is 0 Å². The highest BCUT2D eigenvalue weighted by Gasteiger charge is 2.55. The first-order valence-corrected chi connectivity index (χ1v) is 6.93. The molecule has 0 aliphatic heterocycles. The van der Waals surface area contributed by atoms with Gasteiger partial charge >= 0.3 is 0 Å². The molecule has 3 rings (SSSR count). The van der Waals surface area contributed by atoms with Crippen molar-refractivity contribution in [2.75, 3.05) is 0 Å². The summed E-state index contributed by atoms with van der Waals surface area (Å²) < 4.78 is 0. The highest BCUT2D eigenvalue weighted by molar-refractivity contribution is 5.04. The van der Waals surface area contributed by atoms with Crippen LogP contribution in [0.2, 0.25) is 0 Å². The molecule has 0 radical (unpaired) electrons.